The van der Waals surface area contributed by atoms with Crippen LogP contribution in [0.2, 0.25) is 0 Å². The van der Waals surface area contributed by atoms with E-state index in [1.165, 1.54) is 51.2 Å². The number of carbonyl (C=O) groups excluding carboxylic acids is 1. The van der Waals surface area contributed by atoms with Gasteiger partial charge in [0.05, 0.1) is 17.4 Å². The third-order valence-electron chi connectivity index (χ3n) is 6.52. The highest BCUT2D eigenvalue weighted by Gasteiger charge is 2.23. The molecule has 2 aromatic rings. The predicted molar refractivity (Wildman–Crippen MR) is 145 cm³/mol. The van der Waals surface area contributed by atoms with E-state index in [-0.39, 0.29) is 22.8 Å². The maximum absolute atomic E-state index is 14.5. The third-order valence-corrected chi connectivity index (χ3v) is 9.20. The second-order valence-electron chi connectivity index (χ2n) is 10.5. The molecule has 1 aromatic carbocycles. The van der Waals surface area contributed by atoms with Gasteiger partial charge in [-0.1, -0.05) is 52.2 Å². The lowest BCUT2D eigenvalue weighted by molar-refractivity contribution is -0.122. The summed E-state index contributed by atoms with van der Waals surface area (Å²) in [6.45, 7) is 9.96. The Morgan fingerprint density at radius 3 is 2.47 bits per heavy atom. The van der Waals surface area contributed by atoms with Crippen LogP contribution in [0.1, 0.15) is 89.5 Å². The van der Waals surface area contributed by atoms with Crippen molar-refractivity contribution < 1.29 is 17.6 Å². The van der Waals surface area contributed by atoms with Gasteiger partial charge in [-0.15, -0.1) is 11.8 Å². The molecule has 198 valence electrons. The molecule has 9 heteroatoms. The molecule has 1 aliphatic carbocycles. The van der Waals surface area contributed by atoms with E-state index in [4.69, 9.17) is 4.98 Å². The number of nitrogens with one attached hydrogen (secondary N) is 2. The van der Waals surface area contributed by atoms with E-state index in [1.807, 2.05) is 17.8 Å². The van der Waals surface area contributed by atoms with Crippen molar-refractivity contribution in [2.45, 2.75) is 94.9 Å². The van der Waals surface area contributed by atoms with E-state index in [0.717, 1.165) is 16.3 Å². The molecule has 0 spiro atoms. The number of carbonyl (C=O) groups is 1. The Labute approximate surface area is 219 Å². The van der Waals surface area contributed by atoms with Crippen molar-refractivity contribution in [1.82, 2.24) is 10.3 Å². The molecule has 1 heterocycles. The predicted octanol–water partition coefficient (Wildman–Crippen LogP) is 6.12. The highest BCUT2D eigenvalue weighted by atomic mass is 32.2. The molecule has 1 aromatic heterocycles. The molecule has 1 saturated carbocycles. The Morgan fingerprint density at radius 2 is 1.86 bits per heavy atom. The number of anilines is 1. The van der Waals surface area contributed by atoms with Crippen LogP contribution in [0.15, 0.2) is 35.4 Å². The van der Waals surface area contributed by atoms with E-state index in [9.17, 15) is 17.6 Å². The van der Waals surface area contributed by atoms with Gasteiger partial charge in [-0.25, -0.2) is 17.8 Å². The average Bonchev–Trinajstić information content (AvgIpc) is 2.83. The fourth-order valence-electron chi connectivity index (χ4n) is 4.07. The molecule has 0 radical (unpaired) electrons. The number of amides is 1. The smallest absolute Gasteiger partial charge is 0.232 e. The van der Waals surface area contributed by atoms with Gasteiger partial charge >= 0.3 is 0 Å². The van der Waals surface area contributed by atoms with Crippen molar-refractivity contribution in [2.75, 3.05) is 10.5 Å². The Hall–Kier alpha value is -2.13. The van der Waals surface area contributed by atoms with Gasteiger partial charge in [-0.2, -0.15) is 0 Å². The summed E-state index contributed by atoms with van der Waals surface area (Å²) in [5, 5.41) is 4.50. The zero-order valence-electron chi connectivity index (χ0n) is 21.9. The zero-order chi connectivity index (χ0) is 26.5. The number of hydrogen-bond acceptors (Lipinski definition) is 5. The third kappa shape index (κ3) is 7.68. The molecular formula is C27H38FN3O3S2. The summed E-state index contributed by atoms with van der Waals surface area (Å²) in [6, 6.07) is 8.22. The number of thioether (sulfide) groups is 1. The van der Waals surface area contributed by atoms with Crippen LogP contribution in [0, 0.1) is 5.82 Å². The van der Waals surface area contributed by atoms with Crippen molar-refractivity contribution in [3.63, 3.8) is 0 Å². The fraction of sp³-hybridized carbons (Fsp3) is 0.556. The molecule has 1 aliphatic rings. The second-order valence-corrected chi connectivity index (χ2v) is 13.8. The van der Waals surface area contributed by atoms with Crippen molar-refractivity contribution in [3.8, 4) is 0 Å². The minimum absolute atomic E-state index is 0.0697. The lowest BCUT2D eigenvalue weighted by Gasteiger charge is -2.24. The highest BCUT2D eigenvalue weighted by Crippen LogP contribution is 2.35. The minimum atomic E-state index is -3.59. The number of aromatic nitrogens is 1. The second kappa shape index (κ2) is 11.9. The molecule has 0 saturated heterocycles. The Bertz CT molecular complexity index is 1170. The lowest BCUT2D eigenvalue weighted by atomic mass is 9.91. The maximum atomic E-state index is 14.5. The number of benzene rings is 1. The number of sulfonamides is 1. The lowest BCUT2D eigenvalue weighted by Crippen LogP contribution is -2.28. The number of hydrogen-bond donors (Lipinski definition) is 2. The molecule has 36 heavy (non-hydrogen) atoms. The molecule has 0 aliphatic heterocycles. The molecule has 1 unspecified atom stereocenters. The summed E-state index contributed by atoms with van der Waals surface area (Å²) in [4.78, 5) is 17.9. The van der Waals surface area contributed by atoms with Gasteiger partial charge in [0.2, 0.25) is 15.9 Å². The molecule has 6 nitrogen and oxygen atoms in total. The minimum Gasteiger partial charge on any atom is -0.351 e. The van der Waals surface area contributed by atoms with Gasteiger partial charge < -0.3 is 5.32 Å². The normalized spacial score (nSPS) is 15.9. The first-order valence-corrected chi connectivity index (χ1v) is 15.2. The zero-order valence-corrected chi connectivity index (χ0v) is 23.5. The summed E-state index contributed by atoms with van der Waals surface area (Å²) in [7, 11) is -3.59. The summed E-state index contributed by atoms with van der Waals surface area (Å²) in [5.41, 5.74) is 2.29. The standard InChI is InChI=1S/C27H38FN3O3S2/c1-6-36(33,34)31-23-14-12-19(16-22(23)28)18(2)25(32)29-17-20-13-15-24(27(3,4)5)30-26(20)35-21-10-8-7-9-11-21/h12-16,18,21,31H,6-11,17H2,1-5H3,(H,29,32). The number of rotatable bonds is 9. The molecular weight excluding hydrogens is 497 g/mol. The van der Waals surface area contributed by atoms with Crippen LogP contribution >= 0.6 is 11.8 Å². The molecule has 1 fully saturated rings. The van der Waals surface area contributed by atoms with Crippen LogP contribution in [-0.4, -0.2) is 30.3 Å². The first-order valence-electron chi connectivity index (χ1n) is 12.6. The van der Waals surface area contributed by atoms with Gasteiger partial charge in [-0.3, -0.25) is 9.52 Å². The number of halogens is 1. The summed E-state index contributed by atoms with van der Waals surface area (Å²) in [6.07, 6.45) is 6.15. The van der Waals surface area contributed by atoms with Crippen molar-refractivity contribution >= 4 is 33.4 Å². The Balaban J connectivity index is 1.72. The topological polar surface area (TPSA) is 88.2 Å². The fourth-order valence-corrected chi connectivity index (χ4v) is 6.05. The van der Waals surface area contributed by atoms with Crippen molar-refractivity contribution in [2.24, 2.45) is 0 Å². The van der Waals surface area contributed by atoms with Gasteiger partial charge in [-0.05, 0) is 50.5 Å². The van der Waals surface area contributed by atoms with Crippen LogP contribution in [0.3, 0.4) is 0 Å². The first-order chi connectivity index (χ1) is 16.9. The van der Waals surface area contributed by atoms with E-state index in [0.29, 0.717) is 17.4 Å². The molecule has 2 N–H and O–H groups in total. The number of pyridine rings is 1. The first kappa shape index (κ1) is 28.4. The van der Waals surface area contributed by atoms with Gasteiger partial charge in [0.1, 0.15) is 10.8 Å². The van der Waals surface area contributed by atoms with Crippen LogP contribution in [0.25, 0.3) is 0 Å². The molecule has 3 rings (SSSR count). The van der Waals surface area contributed by atoms with Crippen LogP contribution < -0.4 is 10.0 Å². The van der Waals surface area contributed by atoms with E-state index in [2.05, 4.69) is 36.9 Å². The SMILES string of the molecule is CCS(=O)(=O)Nc1ccc(C(C)C(=O)NCc2ccc(C(C)(C)C)nc2SC2CCCCC2)cc1F. The monoisotopic (exact) mass is 535 g/mol. The maximum Gasteiger partial charge on any atom is 0.232 e. The van der Waals surface area contributed by atoms with Gasteiger partial charge in [0.25, 0.3) is 0 Å². The number of nitrogens with zero attached hydrogens (tertiary/aromatic N) is 1. The van der Waals surface area contributed by atoms with Gasteiger partial charge in [0, 0.05) is 28.5 Å². The van der Waals surface area contributed by atoms with E-state index < -0.39 is 21.8 Å². The summed E-state index contributed by atoms with van der Waals surface area (Å²) in [5.74, 6) is -1.70. The van der Waals surface area contributed by atoms with Crippen molar-refractivity contribution in [1.29, 1.82) is 0 Å². The quantitative estimate of drug-likeness (QED) is 0.404. The van der Waals surface area contributed by atoms with Crippen LogP contribution in [-0.2, 0) is 26.8 Å². The van der Waals surface area contributed by atoms with E-state index in [1.54, 1.807) is 13.0 Å². The highest BCUT2D eigenvalue weighted by molar-refractivity contribution is 7.99. The molecule has 0 bridgehead atoms. The summed E-state index contributed by atoms with van der Waals surface area (Å²) < 4.78 is 40.2. The molecule has 1 atom stereocenters. The summed E-state index contributed by atoms with van der Waals surface area (Å²) >= 11 is 1.82. The van der Waals surface area contributed by atoms with E-state index >= 15 is 0 Å². The molecule has 1 amide bonds. The Kier molecular flexibility index (Phi) is 9.44. The van der Waals surface area contributed by atoms with Gasteiger partial charge in [0.15, 0.2) is 0 Å². The average molecular weight is 536 g/mol. The van der Waals surface area contributed by atoms with Crippen LogP contribution in [0.5, 0.6) is 0 Å². The Morgan fingerprint density at radius 1 is 1.17 bits per heavy atom. The van der Waals surface area contributed by atoms with Crippen LogP contribution in [0.4, 0.5) is 10.1 Å². The largest absolute Gasteiger partial charge is 0.351 e. The van der Waals surface area contributed by atoms with Crippen molar-refractivity contribution in [3.05, 3.63) is 53.0 Å².